The van der Waals surface area contributed by atoms with Crippen LogP contribution in [0.3, 0.4) is 0 Å². The molecule has 2 aromatic carbocycles. The Morgan fingerprint density at radius 2 is 1.89 bits per heavy atom. The molecule has 6 rings (SSSR count). The van der Waals surface area contributed by atoms with Crippen molar-refractivity contribution in [2.24, 2.45) is 5.92 Å². The van der Waals surface area contributed by atoms with Crippen LogP contribution in [0.2, 0.25) is 0 Å². The number of esters is 1. The van der Waals surface area contributed by atoms with Gasteiger partial charge in [0.15, 0.2) is 18.1 Å². The van der Waals surface area contributed by atoms with Crippen LogP contribution < -0.4 is 9.47 Å². The molecule has 1 saturated heterocycles. The van der Waals surface area contributed by atoms with E-state index in [1.165, 1.54) is 17.7 Å². The fourth-order valence-electron chi connectivity index (χ4n) is 5.47. The molecule has 0 saturated carbocycles. The molecule has 1 amide bonds. The Hall–Kier alpha value is -3.52. The van der Waals surface area contributed by atoms with Gasteiger partial charge in [-0.3, -0.25) is 9.69 Å². The van der Waals surface area contributed by atoms with Gasteiger partial charge in [-0.1, -0.05) is 13.0 Å². The number of carbonyl (C=O) groups is 2. The van der Waals surface area contributed by atoms with Gasteiger partial charge in [-0.05, 0) is 66.6 Å². The molecule has 1 unspecified atom stereocenters. The maximum Gasteiger partial charge on any atom is 0.338 e. The highest BCUT2D eigenvalue weighted by molar-refractivity contribution is 5.97. The van der Waals surface area contributed by atoms with Crippen molar-refractivity contribution >= 4 is 22.8 Å². The average Bonchev–Trinajstić information content (AvgIpc) is 3.51. The maximum atomic E-state index is 12.7. The summed E-state index contributed by atoms with van der Waals surface area (Å²) in [5.74, 6) is 1.60. The molecule has 1 N–H and O–H groups in total. The standard InChI is InChI=1S/C28H31N3O5/c1-18-2-5-23-21(12-18)22-14-20(4-6-24(22)29-23)28(33)34-16-27(32)31-10-8-30(9-11-31)15-19-3-7-25-26(13-19)36-17-35-25/h3-4,6-7,13-14,18,29H,2,5,8-12,15-17H2,1H3. The largest absolute Gasteiger partial charge is 0.454 e. The number of H-pyrrole nitrogens is 1. The molecule has 1 aliphatic carbocycles. The van der Waals surface area contributed by atoms with Crippen molar-refractivity contribution in [2.45, 2.75) is 32.7 Å². The number of benzene rings is 2. The molecule has 3 aliphatic rings. The van der Waals surface area contributed by atoms with E-state index in [9.17, 15) is 9.59 Å². The minimum Gasteiger partial charge on any atom is -0.454 e. The summed E-state index contributed by atoms with van der Waals surface area (Å²) in [6.45, 7) is 5.85. The number of hydrogen-bond acceptors (Lipinski definition) is 6. The lowest BCUT2D eigenvalue weighted by Crippen LogP contribution is -2.49. The summed E-state index contributed by atoms with van der Waals surface area (Å²) in [6, 6.07) is 11.6. The first-order valence-corrected chi connectivity index (χ1v) is 12.7. The van der Waals surface area contributed by atoms with Gasteiger partial charge in [0.05, 0.1) is 5.56 Å². The number of rotatable bonds is 5. The fraction of sp³-hybridized carbons (Fsp3) is 0.429. The number of fused-ring (bicyclic) bond motifs is 4. The number of amides is 1. The van der Waals surface area contributed by atoms with E-state index in [1.807, 2.05) is 30.3 Å². The van der Waals surface area contributed by atoms with E-state index >= 15 is 0 Å². The molecule has 8 nitrogen and oxygen atoms in total. The summed E-state index contributed by atoms with van der Waals surface area (Å²) in [4.78, 5) is 33.0. The monoisotopic (exact) mass is 489 g/mol. The lowest BCUT2D eigenvalue weighted by Gasteiger charge is -2.34. The minimum atomic E-state index is -0.453. The lowest BCUT2D eigenvalue weighted by molar-refractivity contribution is -0.136. The van der Waals surface area contributed by atoms with E-state index in [0.717, 1.165) is 60.4 Å². The van der Waals surface area contributed by atoms with Crippen molar-refractivity contribution in [3.8, 4) is 11.5 Å². The number of nitrogens with one attached hydrogen (secondary N) is 1. The summed E-state index contributed by atoms with van der Waals surface area (Å²) in [5, 5.41) is 1.09. The van der Waals surface area contributed by atoms with Gasteiger partial charge in [0.2, 0.25) is 6.79 Å². The fourth-order valence-corrected chi connectivity index (χ4v) is 5.47. The molecule has 36 heavy (non-hydrogen) atoms. The molecule has 0 radical (unpaired) electrons. The number of piperazine rings is 1. The van der Waals surface area contributed by atoms with E-state index in [-0.39, 0.29) is 19.3 Å². The number of nitrogens with zero attached hydrogens (tertiary/aromatic N) is 2. The van der Waals surface area contributed by atoms with Crippen molar-refractivity contribution in [3.63, 3.8) is 0 Å². The highest BCUT2D eigenvalue weighted by Crippen LogP contribution is 2.33. The number of aryl methyl sites for hydroxylation is 1. The topological polar surface area (TPSA) is 84.1 Å². The third-order valence-corrected chi connectivity index (χ3v) is 7.56. The molecular weight excluding hydrogens is 458 g/mol. The summed E-state index contributed by atoms with van der Waals surface area (Å²) in [5.41, 5.74) is 5.29. The zero-order chi connectivity index (χ0) is 24.6. The van der Waals surface area contributed by atoms with E-state index in [1.54, 1.807) is 11.0 Å². The Kier molecular flexibility index (Phi) is 6.05. The van der Waals surface area contributed by atoms with Crippen LogP contribution in [0.15, 0.2) is 36.4 Å². The highest BCUT2D eigenvalue weighted by atomic mass is 16.7. The predicted molar refractivity (Wildman–Crippen MR) is 134 cm³/mol. The summed E-state index contributed by atoms with van der Waals surface area (Å²) in [7, 11) is 0. The molecular formula is C28H31N3O5. The van der Waals surface area contributed by atoms with Gasteiger partial charge < -0.3 is 24.1 Å². The van der Waals surface area contributed by atoms with Crippen molar-refractivity contribution in [3.05, 3.63) is 58.8 Å². The Morgan fingerprint density at radius 1 is 1.06 bits per heavy atom. The summed E-state index contributed by atoms with van der Waals surface area (Å²) >= 11 is 0. The molecule has 8 heteroatoms. The molecule has 0 spiro atoms. The average molecular weight is 490 g/mol. The maximum absolute atomic E-state index is 12.7. The first-order valence-electron chi connectivity index (χ1n) is 12.7. The Bertz CT molecular complexity index is 1310. The third kappa shape index (κ3) is 4.53. The molecule has 188 valence electrons. The minimum absolute atomic E-state index is 0.153. The highest BCUT2D eigenvalue weighted by Gasteiger charge is 2.24. The van der Waals surface area contributed by atoms with E-state index < -0.39 is 5.97 Å². The van der Waals surface area contributed by atoms with Crippen LogP contribution in [0, 0.1) is 5.92 Å². The van der Waals surface area contributed by atoms with Crippen LogP contribution in [0.4, 0.5) is 0 Å². The SMILES string of the molecule is CC1CCc2[nH]c3ccc(C(=O)OCC(=O)N4CCN(Cc5ccc6c(c5)OCO6)CC4)cc3c2C1. The van der Waals surface area contributed by atoms with Crippen molar-refractivity contribution in [1.29, 1.82) is 0 Å². The zero-order valence-corrected chi connectivity index (χ0v) is 20.5. The molecule has 1 aromatic heterocycles. The summed E-state index contributed by atoms with van der Waals surface area (Å²) < 4.78 is 16.3. The molecule has 2 aliphatic heterocycles. The number of hydrogen-bond donors (Lipinski definition) is 1. The Balaban J connectivity index is 1.01. The molecule has 3 heterocycles. The third-order valence-electron chi connectivity index (χ3n) is 7.56. The number of ether oxygens (including phenoxy) is 3. The lowest BCUT2D eigenvalue weighted by atomic mass is 9.87. The quantitative estimate of drug-likeness (QED) is 0.552. The molecule has 1 atom stereocenters. The number of carbonyl (C=O) groups excluding carboxylic acids is 2. The van der Waals surface area contributed by atoms with Gasteiger partial charge in [0.25, 0.3) is 5.91 Å². The second-order valence-corrected chi connectivity index (χ2v) is 10.1. The van der Waals surface area contributed by atoms with Gasteiger partial charge in [-0.2, -0.15) is 0 Å². The van der Waals surface area contributed by atoms with Gasteiger partial charge >= 0.3 is 5.97 Å². The van der Waals surface area contributed by atoms with Gasteiger partial charge in [0.1, 0.15) is 0 Å². The molecule has 0 bridgehead atoms. The second kappa shape index (κ2) is 9.50. The predicted octanol–water partition coefficient (Wildman–Crippen LogP) is 3.52. The van der Waals surface area contributed by atoms with Crippen LogP contribution >= 0.6 is 0 Å². The number of aromatic nitrogens is 1. The van der Waals surface area contributed by atoms with Crippen LogP contribution in [-0.2, 0) is 28.9 Å². The van der Waals surface area contributed by atoms with E-state index in [0.29, 0.717) is 24.6 Å². The van der Waals surface area contributed by atoms with Crippen LogP contribution in [0.5, 0.6) is 11.5 Å². The zero-order valence-electron chi connectivity index (χ0n) is 20.5. The first kappa shape index (κ1) is 22.9. The molecule has 3 aromatic rings. The van der Waals surface area contributed by atoms with Crippen molar-refractivity contribution < 1.29 is 23.8 Å². The van der Waals surface area contributed by atoms with Crippen LogP contribution in [-0.4, -0.2) is 66.2 Å². The van der Waals surface area contributed by atoms with E-state index in [2.05, 4.69) is 16.8 Å². The smallest absolute Gasteiger partial charge is 0.338 e. The van der Waals surface area contributed by atoms with Crippen LogP contribution in [0.25, 0.3) is 10.9 Å². The van der Waals surface area contributed by atoms with Crippen LogP contribution in [0.1, 0.15) is 40.5 Å². The van der Waals surface area contributed by atoms with Crippen molar-refractivity contribution in [1.82, 2.24) is 14.8 Å². The summed E-state index contributed by atoms with van der Waals surface area (Å²) in [6.07, 6.45) is 3.25. The van der Waals surface area contributed by atoms with Gasteiger partial charge in [0, 0.05) is 49.3 Å². The molecule has 1 fully saturated rings. The second-order valence-electron chi connectivity index (χ2n) is 10.1. The van der Waals surface area contributed by atoms with E-state index in [4.69, 9.17) is 14.2 Å². The van der Waals surface area contributed by atoms with Gasteiger partial charge in [-0.15, -0.1) is 0 Å². The number of aromatic amines is 1. The van der Waals surface area contributed by atoms with Gasteiger partial charge in [-0.25, -0.2) is 4.79 Å². The Labute approximate surface area is 210 Å². The van der Waals surface area contributed by atoms with Crippen molar-refractivity contribution in [2.75, 3.05) is 39.6 Å². The Morgan fingerprint density at radius 3 is 2.75 bits per heavy atom. The first-order chi connectivity index (χ1) is 17.5. The normalized spacial score (nSPS) is 19.4.